The highest BCUT2D eigenvalue weighted by atomic mass is 19.4. The highest BCUT2D eigenvalue weighted by Crippen LogP contribution is 2.52. The first-order valence-corrected chi connectivity index (χ1v) is 7.60. The lowest BCUT2D eigenvalue weighted by Gasteiger charge is -2.38. The summed E-state index contributed by atoms with van der Waals surface area (Å²) in [7, 11) is 0. The summed E-state index contributed by atoms with van der Waals surface area (Å²) < 4.78 is 40.1. The Morgan fingerprint density at radius 2 is 1.96 bits per heavy atom. The van der Waals surface area contributed by atoms with E-state index in [4.69, 9.17) is 0 Å². The maximum absolute atomic E-state index is 13.4. The van der Waals surface area contributed by atoms with Crippen LogP contribution >= 0.6 is 0 Å². The van der Waals surface area contributed by atoms with Crippen LogP contribution in [0.5, 0.6) is 0 Å². The van der Waals surface area contributed by atoms with Crippen molar-refractivity contribution < 1.29 is 13.2 Å². The first-order chi connectivity index (χ1) is 11.1. The van der Waals surface area contributed by atoms with Gasteiger partial charge in [-0.3, -0.25) is 4.98 Å². The molecule has 2 nitrogen and oxygen atoms in total. The topological polar surface area (TPSA) is 24.9 Å². The van der Waals surface area contributed by atoms with Crippen LogP contribution in [-0.2, 0) is 6.18 Å². The molecule has 2 aromatic rings. The van der Waals surface area contributed by atoms with Gasteiger partial charge in [-0.15, -0.1) is 0 Å². The molecule has 23 heavy (non-hydrogen) atoms. The fourth-order valence-corrected chi connectivity index (χ4v) is 3.71. The Morgan fingerprint density at radius 1 is 1.09 bits per heavy atom. The third kappa shape index (κ3) is 2.31. The third-order valence-corrected chi connectivity index (χ3v) is 4.71. The number of aromatic nitrogens is 1. The summed E-state index contributed by atoms with van der Waals surface area (Å²) in [5, 5.41) is 3.14. The second-order valence-electron chi connectivity index (χ2n) is 6.00. The smallest absolute Gasteiger partial charge is 0.376 e. The molecule has 0 radical (unpaired) electrons. The van der Waals surface area contributed by atoms with Crippen LogP contribution in [0.15, 0.2) is 54.7 Å². The summed E-state index contributed by atoms with van der Waals surface area (Å²) in [6.07, 6.45) is 2.24. The summed E-state index contributed by atoms with van der Waals surface area (Å²) in [5.74, 6) is 0.196. The standard InChI is InChI=1S/C18H15F3N2/c19-18(20,21)14-8-4-7-12-11-5-3-6-13(11)17(23-16(12)14)15-9-1-2-10-22-15/h1-5,7-11,13,17,23H,6H2/t11-,13+,17-/m0/s1. The highest BCUT2D eigenvalue weighted by Gasteiger charge is 2.43. The van der Waals surface area contributed by atoms with Crippen molar-refractivity contribution >= 4 is 5.69 Å². The van der Waals surface area contributed by atoms with E-state index in [0.717, 1.165) is 23.7 Å². The molecular formula is C18H15F3N2. The number of pyridine rings is 1. The molecule has 1 aromatic carbocycles. The zero-order chi connectivity index (χ0) is 16.0. The Labute approximate surface area is 132 Å². The number of hydrogen-bond acceptors (Lipinski definition) is 2. The van der Waals surface area contributed by atoms with Crippen LogP contribution < -0.4 is 5.32 Å². The second kappa shape index (κ2) is 5.11. The predicted octanol–water partition coefficient (Wildman–Crippen LogP) is 4.93. The molecule has 1 aliphatic heterocycles. The van der Waals surface area contributed by atoms with E-state index in [2.05, 4.69) is 16.4 Å². The van der Waals surface area contributed by atoms with Crippen LogP contribution in [0.1, 0.15) is 35.2 Å². The van der Waals surface area contributed by atoms with Gasteiger partial charge in [0.15, 0.2) is 0 Å². The molecule has 0 bridgehead atoms. The van der Waals surface area contributed by atoms with Crippen LogP contribution in [0.25, 0.3) is 0 Å². The average Bonchev–Trinajstić information content (AvgIpc) is 3.03. The van der Waals surface area contributed by atoms with Crippen LogP contribution in [0.4, 0.5) is 18.9 Å². The number of anilines is 1. The van der Waals surface area contributed by atoms with Crippen molar-refractivity contribution in [1.29, 1.82) is 0 Å². The molecule has 4 rings (SSSR count). The van der Waals surface area contributed by atoms with E-state index in [9.17, 15) is 13.2 Å². The van der Waals surface area contributed by atoms with E-state index in [1.165, 1.54) is 6.07 Å². The van der Waals surface area contributed by atoms with Crippen molar-refractivity contribution in [3.8, 4) is 0 Å². The Bertz CT molecular complexity index is 753. The Balaban J connectivity index is 1.86. The predicted molar refractivity (Wildman–Crippen MR) is 82.0 cm³/mol. The molecule has 0 amide bonds. The van der Waals surface area contributed by atoms with Crippen molar-refractivity contribution in [2.45, 2.75) is 24.6 Å². The van der Waals surface area contributed by atoms with Crippen molar-refractivity contribution in [2.75, 3.05) is 5.32 Å². The van der Waals surface area contributed by atoms with E-state index in [0.29, 0.717) is 0 Å². The number of nitrogens with one attached hydrogen (secondary N) is 1. The van der Waals surface area contributed by atoms with Gasteiger partial charge < -0.3 is 5.32 Å². The molecule has 0 unspecified atom stereocenters. The third-order valence-electron chi connectivity index (χ3n) is 4.71. The lowest BCUT2D eigenvalue weighted by Crippen LogP contribution is -2.31. The number of allylic oxidation sites excluding steroid dienone is 2. The lowest BCUT2D eigenvalue weighted by molar-refractivity contribution is -0.137. The first kappa shape index (κ1) is 14.3. The van der Waals surface area contributed by atoms with E-state index in [-0.39, 0.29) is 23.6 Å². The summed E-state index contributed by atoms with van der Waals surface area (Å²) in [6, 6.07) is 9.76. The summed E-state index contributed by atoms with van der Waals surface area (Å²) >= 11 is 0. The summed E-state index contributed by atoms with van der Waals surface area (Å²) in [4.78, 5) is 4.36. The molecule has 5 heteroatoms. The first-order valence-electron chi connectivity index (χ1n) is 7.60. The fourth-order valence-electron chi connectivity index (χ4n) is 3.71. The number of para-hydroxylation sites is 1. The van der Waals surface area contributed by atoms with Gasteiger partial charge in [-0.2, -0.15) is 13.2 Å². The number of halogens is 3. The van der Waals surface area contributed by atoms with Gasteiger partial charge in [-0.05, 0) is 36.1 Å². The highest BCUT2D eigenvalue weighted by molar-refractivity contribution is 5.64. The van der Waals surface area contributed by atoms with E-state index in [1.54, 1.807) is 12.3 Å². The minimum Gasteiger partial charge on any atom is -0.376 e. The molecule has 3 atom stereocenters. The van der Waals surface area contributed by atoms with Gasteiger partial charge in [0.05, 0.1) is 23.0 Å². The van der Waals surface area contributed by atoms with Crippen molar-refractivity contribution in [2.24, 2.45) is 5.92 Å². The van der Waals surface area contributed by atoms with Crippen LogP contribution in [-0.4, -0.2) is 4.98 Å². The molecule has 1 aliphatic carbocycles. The van der Waals surface area contributed by atoms with Gasteiger partial charge >= 0.3 is 6.18 Å². The van der Waals surface area contributed by atoms with Crippen LogP contribution in [0.3, 0.4) is 0 Å². The quantitative estimate of drug-likeness (QED) is 0.755. The number of rotatable bonds is 1. The van der Waals surface area contributed by atoms with Crippen molar-refractivity contribution in [1.82, 2.24) is 4.98 Å². The molecule has 2 heterocycles. The maximum Gasteiger partial charge on any atom is 0.418 e. The maximum atomic E-state index is 13.4. The van der Waals surface area contributed by atoms with E-state index in [1.807, 2.05) is 24.3 Å². The van der Waals surface area contributed by atoms with Crippen molar-refractivity contribution in [3.63, 3.8) is 0 Å². The van der Waals surface area contributed by atoms with Crippen molar-refractivity contribution in [3.05, 3.63) is 71.6 Å². The normalized spacial score (nSPS) is 25.6. The van der Waals surface area contributed by atoms with Crippen LogP contribution in [0, 0.1) is 5.92 Å². The van der Waals surface area contributed by atoms with Crippen LogP contribution in [0.2, 0.25) is 0 Å². The lowest BCUT2D eigenvalue weighted by atomic mass is 9.77. The molecule has 2 aliphatic rings. The average molecular weight is 316 g/mol. The minimum atomic E-state index is -4.37. The Kier molecular flexibility index (Phi) is 3.18. The van der Waals surface area contributed by atoms with Gasteiger partial charge in [0, 0.05) is 12.1 Å². The molecular weight excluding hydrogens is 301 g/mol. The molecule has 0 fully saturated rings. The Hall–Kier alpha value is -2.30. The summed E-state index contributed by atoms with van der Waals surface area (Å²) in [6.45, 7) is 0. The monoisotopic (exact) mass is 316 g/mol. The van der Waals surface area contributed by atoms with Gasteiger partial charge in [0.2, 0.25) is 0 Å². The number of hydrogen-bond donors (Lipinski definition) is 1. The Morgan fingerprint density at radius 3 is 2.70 bits per heavy atom. The molecule has 0 saturated carbocycles. The zero-order valence-corrected chi connectivity index (χ0v) is 12.2. The molecule has 0 saturated heterocycles. The number of fused-ring (bicyclic) bond motifs is 3. The van der Waals surface area contributed by atoms with E-state index >= 15 is 0 Å². The molecule has 1 aromatic heterocycles. The van der Waals surface area contributed by atoms with Gasteiger partial charge in [-0.1, -0.05) is 30.4 Å². The second-order valence-corrected chi connectivity index (χ2v) is 6.00. The SMILES string of the molecule is FC(F)(F)c1cccc2c1N[C@H](c1ccccn1)[C@@H]1CC=C[C@@H]21. The number of alkyl halides is 3. The number of benzene rings is 1. The van der Waals surface area contributed by atoms with Gasteiger partial charge in [0.25, 0.3) is 0 Å². The minimum absolute atomic E-state index is 0.000515. The largest absolute Gasteiger partial charge is 0.418 e. The summed E-state index contributed by atoms with van der Waals surface area (Å²) in [5.41, 5.74) is 1.11. The molecule has 1 N–H and O–H groups in total. The fraction of sp³-hybridized carbons (Fsp3) is 0.278. The zero-order valence-electron chi connectivity index (χ0n) is 12.2. The van der Waals surface area contributed by atoms with Gasteiger partial charge in [0.1, 0.15) is 0 Å². The number of nitrogens with zero attached hydrogens (tertiary/aromatic N) is 1. The van der Waals surface area contributed by atoms with Gasteiger partial charge in [-0.25, -0.2) is 0 Å². The molecule has 118 valence electrons. The van der Waals surface area contributed by atoms with E-state index < -0.39 is 11.7 Å². The molecule has 0 spiro atoms.